The minimum absolute atomic E-state index is 0.138. The number of fused-ring (bicyclic) bond motifs is 1. The summed E-state index contributed by atoms with van der Waals surface area (Å²) in [6.07, 6.45) is 6.57. The first-order chi connectivity index (χ1) is 11.7. The number of nitrogens with zero attached hydrogens (tertiary/aromatic N) is 5. The maximum Gasteiger partial charge on any atom is 0.262 e. The fourth-order valence-corrected chi connectivity index (χ4v) is 2.74. The lowest BCUT2D eigenvalue weighted by Gasteiger charge is -2.32. The van der Waals surface area contributed by atoms with E-state index in [1.54, 1.807) is 58.6 Å². The summed E-state index contributed by atoms with van der Waals surface area (Å²) in [5, 5.41) is 4.18. The number of anilines is 1. The van der Waals surface area contributed by atoms with Crippen LogP contribution in [0.1, 0.15) is 17.3 Å². The van der Waals surface area contributed by atoms with Crippen LogP contribution in [0.4, 0.5) is 5.69 Å². The molecule has 0 spiro atoms. The van der Waals surface area contributed by atoms with Crippen LogP contribution in [-0.4, -0.2) is 38.3 Å². The molecule has 1 aliphatic heterocycles. The van der Waals surface area contributed by atoms with E-state index < -0.39 is 0 Å². The molecule has 4 heterocycles. The van der Waals surface area contributed by atoms with Crippen molar-refractivity contribution in [1.29, 1.82) is 0 Å². The Morgan fingerprint density at radius 3 is 2.83 bits per heavy atom. The number of carbonyl (C=O) groups excluding carboxylic acids is 1. The Morgan fingerprint density at radius 2 is 2.00 bits per heavy atom. The molecular formula is C17H15N5O2. The van der Waals surface area contributed by atoms with Gasteiger partial charge in [0.05, 0.1) is 12.1 Å². The minimum Gasteiger partial charge on any atom is -0.471 e. The largest absolute Gasteiger partial charge is 0.471 e. The molecule has 0 saturated heterocycles. The molecule has 0 fully saturated rings. The van der Waals surface area contributed by atoms with Gasteiger partial charge in [0.1, 0.15) is 11.8 Å². The van der Waals surface area contributed by atoms with Gasteiger partial charge in [0.2, 0.25) is 5.88 Å². The molecular weight excluding hydrogens is 306 g/mol. The fraction of sp³-hybridized carbons (Fsp3) is 0.176. The maximum absolute atomic E-state index is 13.2. The van der Waals surface area contributed by atoms with Crippen molar-refractivity contribution in [3.8, 4) is 11.7 Å². The number of hydrogen-bond donors (Lipinski definition) is 0. The Morgan fingerprint density at radius 1 is 1.17 bits per heavy atom. The van der Waals surface area contributed by atoms with Crippen molar-refractivity contribution in [2.45, 2.75) is 13.0 Å². The molecule has 3 aromatic heterocycles. The number of amides is 1. The van der Waals surface area contributed by atoms with Crippen LogP contribution >= 0.6 is 0 Å². The molecule has 0 aromatic carbocycles. The van der Waals surface area contributed by atoms with Crippen LogP contribution in [-0.2, 0) is 0 Å². The molecule has 4 rings (SSSR count). The van der Waals surface area contributed by atoms with Gasteiger partial charge in [-0.05, 0) is 37.3 Å². The van der Waals surface area contributed by atoms with Gasteiger partial charge in [-0.2, -0.15) is 5.10 Å². The van der Waals surface area contributed by atoms with E-state index in [1.807, 2.05) is 13.0 Å². The molecule has 3 aromatic rings. The van der Waals surface area contributed by atoms with Crippen LogP contribution in [0.3, 0.4) is 0 Å². The summed E-state index contributed by atoms with van der Waals surface area (Å²) >= 11 is 0. The van der Waals surface area contributed by atoms with Gasteiger partial charge < -0.3 is 4.74 Å². The molecule has 0 saturated carbocycles. The van der Waals surface area contributed by atoms with E-state index in [0.717, 1.165) is 0 Å². The van der Waals surface area contributed by atoms with Crippen molar-refractivity contribution in [2.75, 3.05) is 11.4 Å². The van der Waals surface area contributed by atoms with Crippen molar-refractivity contribution < 1.29 is 9.53 Å². The molecule has 1 atom stereocenters. The van der Waals surface area contributed by atoms with Gasteiger partial charge in [0, 0.05) is 24.8 Å². The lowest BCUT2D eigenvalue weighted by atomic mass is 10.1. The molecule has 120 valence electrons. The van der Waals surface area contributed by atoms with Crippen molar-refractivity contribution >= 4 is 11.6 Å². The number of carbonyl (C=O) groups is 1. The van der Waals surface area contributed by atoms with Crippen molar-refractivity contribution in [2.24, 2.45) is 0 Å². The van der Waals surface area contributed by atoms with Gasteiger partial charge in [-0.1, -0.05) is 0 Å². The van der Waals surface area contributed by atoms with Gasteiger partial charge in [-0.15, -0.1) is 0 Å². The second-order valence-electron chi connectivity index (χ2n) is 5.50. The first-order valence-electron chi connectivity index (χ1n) is 7.62. The van der Waals surface area contributed by atoms with E-state index in [2.05, 4.69) is 15.1 Å². The second kappa shape index (κ2) is 5.77. The SMILES string of the molecule is C[C@@H]1CN(C(=O)c2cccnc2-n2cccn2)c2cccnc2O1. The van der Waals surface area contributed by atoms with Crippen molar-refractivity contribution in [1.82, 2.24) is 19.7 Å². The first kappa shape index (κ1) is 14.4. The Hall–Kier alpha value is -3.22. The molecule has 0 radical (unpaired) electrons. The summed E-state index contributed by atoms with van der Waals surface area (Å²) in [5.74, 6) is 0.809. The van der Waals surface area contributed by atoms with Crippen LogP contribution in [0.25, 0.3) is 5.82 Å². The Labute approximate surface area is 138 Å². The molecule has 1 amide bonds. The van der Waals surface area contributed by atoms with Gasteiger partial charge in [0.25, 0.3) is 5.91 Å². The number of pyridine rings is 2. The summed E-state index contributed by atoms with van der Waals surface area (Å²) in [5.41, 5.74) is 1.14. The predicted molar refractivity (Wildman–Crippen MR) is 87.4 cm³/mol. The molecule has 0 aliphatic carbocycles. The number of hydrogen-bond acceptors (Lipinski definition) is 5. The summed E-state index contributed by atoms with van der Waals surface area (Å²) in [7, 11) is 0. The summed E-state index contributed by atoms with van der Waals surface area (Å²) in [6.45, 7) is 2.36. The topological polar surface area (TPSA) is 73.1 Å². The summed E-state index contributed by atoms with van der Waals surface area (Å²) in [4.78, 5) is 23.4. The van der Waals surface area contributed by atoms with Gasteiger partial charge in [-0.3, -0.25) is 9.69 Å². The third-order valence-electron chi connectivity index (χ3n) is 3.78. The highest BCUT2D eigenvalue weighted by Crippen LogP contribution is 2.32. The normalized spacial score (nSPS) is 16.4. The highest BCUT2D eigenvalue weighted by molar-refractivity contribution is 6.08. The van der Waals surface area contributed by atoms with E-state index in [9.17, 15) is 4.79 Å². The molecule has 24 heavy (non-hydrogen) atoms. The number of rotatable bonds is 2. The zero-order valence-corrected chi connectivity index (χ0v) is 13.0. The second-order valence-corrected chi connectivity index (χ2v) is 5.50. The molecule has 1 aliphatic rings. The lowest BCUT2D eigenvalue weighted by molar-refractivity contribution is 0.0958. The van der Waals surface area contributed by atoms with E-state index in [1.165, 1.54) is 0 Å². The van der Waals surface area contributed by atoms with Crippen LogP contribution in [0, 0.1) is 0 Å². The molecule has 7 heteroatoms. The van der Waals surface area contributed by atoms with Gasteiger partial charge in [-0.25, -0.2) is 14.6 Å². The molecule has 0 N–H and O–H groups in total. The Bertz CT molecular complexity index is 878. The lowest BCUT2D eigenvalue weighted by Crippen LogP contribution is -2.43. The standard InChI is InChI=1S/C17H15N5O2/c1-12-11-21(14-6-3-8-19-16(14)24-12)17(23)13-5-2-7-18-15(13)22-10-4-9-20-22/h2-10,12H,11H2,1H3/t12-/m1/s1. The van der Waals surface area contributed by atoms with E-state index >= 15 is 0 Å². The van der Waals surface area contributed by atoms with E-state index in [4.69, 9.17) is 4.74 Å². The predicted octanol–water partition coefficient (Wildman–Crippen LogP) is 2.09. The quantitative estimate of drug-likeness (QED) is 0.722. The maximum atomic E-state index is 13.2. The molecule has 0 unspecified atom stereocenters. The summed E-state index contributed by atoms with van der Waals surface area (Å²) in [6, 6.07) is 8.90. The highest BCUT2D eigenvalue weighted by atomic mass is 16.5. The van der Waals surface area contributed by atoms with Crippen molar-refractivity contribution in [3.63, 3.8) is 0 Å². The monoisotopic (exact) mass is 321 g/mol. The third-order valence-corrected chi connectivity index (χ3v) is 3.78. The summed E-state index contributed by atoms with van der Waals surface area (Å²) < 4.78 is 7.30. The molecule has 0 bridgehead atoms. The minimum atomic E-state index is -0.155. The van der Waals surface area contributed by atoms with Crippen LogP contribution < -0.4 is 9.64 Å². The van der Waals surface area contributed by atoms with E-state index in [-0.39, 0.29) is 12.0 Å². The Balaban J connectivity index is 1.78. The van der Waals surface area contributed by atoms with Crippen LogP contribution in [0.5, 0.6) is 5.88 Å². The number of aromatic nitrogens is 4. The molecule has 7 nitrogen and oxygen atoms in total. The van der Waals surface area contributed by atoms with Crippen LogP contribution in [0.2, 0.25) is 0 Å². The van der Waals surface area contributed by atoms with Gasteiger partial charge in [0.15, 0.2) is 5.82 Å². The van der Waals surface area contributed by atoms with Crippen molar-refractivity contribution in [3.05, 3.63) is 60.7 Å². The zero-order valence-electron chi connectivity index (χ0n) is 13.0. The smallest absolute Gasteiger partial charge is 0.262 e. The average molecular weight is 321 g/mol. The highest BCUT2D eigenvalue weighted by Gasteiger charge is 2.30. The first-order valence-corrected chi connectivity index (χ1v) is 7.62. The van der Waals surface area contributed by atoms with E-state index in [0.29, 0.717) is 29.5 Å². The fourth-order valence-electron chi connectivity index (χ4n) is 2.74. The van der Waals surface area contributed by atoms with Crippen LogP contribution in [0.15, 0.2) is 55.1 Å². The zero-order chi connectivity index (χ0) is 16.5. The average Bonchev–Trinajstić information content (AvgIpc) is 3.15. The number of ether oxygens (including phenoxy) is 1. The van der Waals surface area contributed by atoms with Gasteiger partial charge >= 0.3 is 0 Å². The third kappa shape index (κ3) is 2.40. The Kier molecular flexibility index (Phi) is 3.45.